The number of ether oxygens (including phenoxy) is 1. The van der Waals surface area contributed by atoms with Crippen molar-refractivity contribution in [2.75, 3.05) is 53.0 Å². The van der Waals surface area contributed by atoms with Crippen LogP contribution in [0, 0.1) is 0 Å². The maximum absolute atomic E-state index is 5.97. The third kappa shape index (κ3) is 4.33. The summed E-state index contributed by atoms with van der Waals surface area (Å²) in [6.45, 7) is 19.0. The van der Waals surface area contributed by atoms with E-state index in [0.717, 1.165) is 44.8 Å². The molecule has 0 amide bonds. The molecule has 2 saturated heterocycles. The molecule has 2 heterocycles. The summed E-state index contributed by atoms with van der Waals surface area (Å²) in [7, 11) is 1.80. The molecule has 6 heteroatoms. The van der Waals surface area contributed by atoms with Crippen molar-refractivity contribution in [3.8, 4) is 0 Å². The highest BCUT2D eigenvalue weighted by molar-refractivity contribution is 6.54. The van der Waals surface area contributed by atoms with Crippen LogP contribution in [0.3, 0.4) is 0 Å². The standard InChI is InChI=1S/C16H31BN2O3/c1-14(17-21-15(2,3)16(4,5)22-17)13-20-12-11-19-9-7-18(6)8-10-19/h1,7-13H2,2-6H3. The lowest BCUT2D eigenvalue weighted by Crippen LogP contribution is -2.45. The van der Waals surface area contributed by atoms with Gasteiger partial charge in [-0.3, -0.25) is 4.90 Å². The number of piperazine rings is 1. The van der Waals surface area contributed by atoms with Crippen molar-refractivity contribution in [1.82, 2.24) is 9.80 Å². The van der Waals surface area contributed by atoms with Gasteiger partial charge in [0.15, 0.2) is 0 Å². The van der Waals surface area contributed by atoms with Crippen molar-refractivity contribution < 1.29 is 14.0 Å². The fraction of sp³-hybridized carbons (Fsp3) is 0.875. The fourth-order valence-electron chi connectivity index (χ4n) is 2.55. The molecule has 2 rings (SSSR count). The predicted molar refractivity (Wildman–Crippen MR) is 90.0 cm³/mol. The molecule has 5 nitrogen and oxygen atoms in total. The Morgan fingerprint density at radius 2 is 1.64 bits per heavy atom. The Bertz CT molecular complexity index is 377. The van der Waals surface area contributed by atoms with Crippen molar-refractivity contribution >= 4 is 7.12 Å². The van der Waals surface area contributed by atoms with E-state index < -0.39 is 0 Å². The van der Waals surface area contributed by atoms with Crippen molar-refractivity contribution in [1.29, 1.82) is 0 Å². The first-order chi connectivity index (χ1) is 10.2. The van der Waals surface area contributed by atoms with Crippen LogP contribution in [0.15, 0.2) is 12.1 Å². The van der Waals surface area contributed by atoms with E-state index >= 15 is 0 Å². The van der Waals surface area contributed by atoms with Gasteiger partial charge in [-0.15, -0.1) is 6.58 Å². The first-order valence-electron chi connectivity index (χ1n) is 8.23. The average molecular weight is 310 g/mol. The molecule has 0 saturated carbocycles. The molecule has 22 heavy (non-hydrogen) atoms. The van der Waals surface area contributed by atoms with E-state index in [1.807, 2.05) is 0 Å². The fourth-order valence-corrected chi connectivity index (χ4v) is 2.55. The molecular weight excluding hydrogens is 279 g/mol. The second kappa shape index (κ2) is 7.01. The first-order valence-corrected chi connectivity index (χ1v) is 8.23. The minimum atomic E-state index is -0.367. The molecular formula is C16H31BN2O3. The SMILES string of the molecule is C=C(COCCN1CCN(C)CC1)B1OC(C)(C)C(C)(C)O1. The zero-order valence-corrected chi connectivity index (χ0v) is 14.9. The van der Waals surface area contributed by atoms with Crippen LogP contribution in [0.4, 0.5) is 0 Å². The van der Waals surface area contributed by atoms with Gasteiger partial charge in [-0.05, 0) is 40.2 Å². The first kappa shape index (κ1) is 18.0. The minimum Gasteiger partial charge on any atom is -0.400 e. The quantitative estimate of drug-likeness (QED) is 0.548. The third-order valence-electron chi connectivity index (χ3n) is 5.02. The molecule has 0 aliphatic carbocycles. The molecule has 0 atom stereocenters. The Morgan fingerprint density at radius 3 is 2.18 bits per heavy atom. The topological polar surface area (TPSA) is 34.2 Å². The van der Waals surface area contributed by atoms with Crippen LogP contribution in [0.25, 0.3) is 0 Å². The number of likely N-dealkylation sites (N-methyl/N-ethyl adjacent to an activating group) is 1. The summed E-state index contributed by atoms with van der Waals surface area (Å²) in [5, 5.41) is 0. The molecule has 2 aliphatic heterocycles. The lowest BCUT2D eigenvalue weighted by molar-refractivity contribution is 0.00578. The highest BCUT2D eigenvalue weighted by Gasteiger charge is 2.51. The lowest BCUT2D eigenvalue weighted by atomic mass is 9.80. The molecule has 0 spiro atoms. The van der Waals surface area contributed by atoms with Crippen molar-refractivity contribution in [3.63, 3.8) is 0 Å². The lowest BCUT2D eigenvalue weighted by Gasteiger charge is -2.32. The van der Waals surface area contributed by atoms with Crippen LogP contribution in [-0.2, 0) is 14.0 Å². The molecule has 126 valence electrons. The molecule has 2 fully saturated rings. The normalized spacial score (nSPS) is 25.6. The monoisotopic (exact) mass is 310 g/mol. The maximum Gasteiger partial charge on any atom is 0.492 e. The Hall–Kier alpha value is -0.395. The molecule has 0 unspecified atom stereocenters. The van der Waals surface area contributed by atoms with Gasteiger partial charge >= 0.3 is 7.12 Å². The minimum absolute atomic E-state index is 0.319. The Labute approximate surface area is 135 Å². The summed E-state index contributed by atoms with van der Waals surface area (Å²) in [5.74, 6) is 0. The second-order valence-corrected chi connectivity index (χ2v) is 7.44. The van der Waals surface area contributed by atoms with E-state index in [9.17, 15) is 0 Å². The molecule has 0 aromatic rings. The van der Waals surface area contributed by atoms with Crippen LogP contribution < -0.4 is 0 Å². The summed E-state index contributed by atoms with van der Waals surface area (Å²) in [4.78, 5) is 4.80. The van der Waals surface area contributed by atoms with Crippen molar-refractivity contribution in [2.45, 2.75) is 38.9 Å². The zero-order valence-electron chi connectivity index (χ0n) is 14.9. The highest BCUT2D eigenvalue weighted by Crippen LogP contribution is 2.38. The Morgan fingerprint density at radius 1 is 1.09 bits per heavy atom. The van der Waals surface area contributed by atoms with E-state index in [1.165, 1.54) is 0 Å². The summed E-state index contributed by atoms with van der Waals surface area (Å²) in [5.41, 5.74) is 0.220. The molecule has 0 aromatic carbocycles. The van der Waals surface area contributed by atoms with Gasteiger partial charge in [0, 0.05) is 32.7 Å². The van der Waals surface area contributed by atoms with E-state index in [0.29, 0.717) is 6.61 Å². The third-order valence-corrected chi connectivity index (χ3v) is 5.02. The zero-order chi connectivity index (χ0) is 16.4. The summed E-state index contributed by atoms with van der Waals surface area (Å²) in [6, 6.07) is 0. The smallest absolute Gasteiger partial charge is 0.400 e. The van der Waals surface area contributed by atoms with E-state index in [4.69, 9.17) is 14.0 Å². The number of rotatable bonds is 6. The second-order valence-electron chi connectivity index (χ2n) is 7.44. The van der Waals surface area contributed by atoms with Crippen LogP contribution >= 0.6 is 0 Å². The van der Waals surface area contributed by atoms with Gasteiger partial charge in [0.2, 0.25) is 0 Å². The van der Waals surface area contributed by atoms with Gasteiger partial charge in [-0.1, -0.05) is 0 Å². The van der Waals surface area contributed by atoms with Gasteiger partial charge < -0.3 is 18.9 Å². The molecule has 2 aliphatic rings. The summed E-state index contributed by atoms with van der Waals surface area (Å²) in [6.07, 6.45) is 0. The summed E-state index contributed by atoms with van der Waals surface area (Å²) >= 11 is 0. The van der Waals surface area contributed by atoms with Crippen molar-refractivity contribution in [2.24, 2.45) is 0 Å². The van der Waals surface area contributed by atoms with Crippen LogP contribution in [0.1, 0.15) is 27.7 Å². The van der Waals surface area contributed by atoms with E-state index in [2.05, 4.69) is 51.1 Å². The van der Waals surface area contributed by atoms with Gasteiger partial charge in [-0.25, -0.2) is 0 Å². The van der Waals surface area contributed by atoms with E-state index in [-0.39, 0.29) is 18.3 Å². The number of nitrogens with zero attached hydrogens (tertiary/aromatic N) is 2. The maximum atomic E-state index is 5.97. The van der Waals surface area contributed by atoms with Gasteiger partial charge in [0.05, 0.1) is 24.4 Å². The highest BCUT2D eigenvalue weighted by atomic mass is 16.7. The summed E-state index contributed by atoms with van der Waals surface area (Å²) < 4.78 is 17.7. The van der Waals surface area contributed by atoms with Crippen LogP contribution in [0.5, 0.6) is 0 Å². The number of hydrogen-bond acceptors (Lipinski definition) is 5. The van der Waals surface area contributed by atoms with Gasteiger partial charge in [-0.2, -0.15) is 0 Å². The Balaban J connectivity index is 1.64. The van der Waals surface area contributed by atoms with Crippen LogP contribution in [0.2, 0.25) is 0 Å². The van der Waals surface area contributed by atoms with Crippen molar-refractivity contribution in [3.05, 3.63) is 12.1 Å². The van der Waals surface area contributed by atoms with Gasteiger partial charge in [0.25, 0.3) is 0 Å². The molecule has 0 radical (unpaired) electrons. The average Bonchev–Trinajstić information content (AvgIpc) is 2.65. The van der Waals surface area contributed by atoms with E-state index in [1.54, 1.807) is 0 Å². The largest absolute Gasteiger partial charge is 0.492 e. The van der Waals surface area contributed by atoms with Gasteiger partial charge in [0.1, 0.15) is 0 Å². The van der Waals surface area contributed by atoms with Crippen LogP contribution in [-0.4, -0.2) is 81.1 Å². The molecule has 0 bridgehead atoms. The number of hydrogen-bond donors (Lipinski definition) is 0. The molecule has 0 aromatic heterocycles. The Kier molecular flexibility index (Phi) is 5.72. The molecule has 0 N–H and O–H groups in total. The predicted octanol–water partition coefficient (Wildman–Crippen LogP) is 1.44.